The summed E-state index contributed by atoms with van der Waals surface area (Å²) in [4.78, 5) is 26.8. The molecule has 1 aliphatic heterocycles. The minimum absolute atomic E-state index is 0.275. The largest absolute Gasteiger partial charge is 0.479 e. The van der Waals surface area contributed by atoms with Crippen molar-refractivity contribution in [2.45, 2.75) is 32.9 Å². The van der Waals surface area contributed by atoms with Gasteiger partial charge in [-0.3, -0.25) is 14.5 Å². The Balaban J connectivity index is 1.91. The zero-order valence-electron chi connectivity index (χ0n) is 14.2. The number of carbonyl (C=O) groups is 2. The van der Waals surface area contributed by atoms with E-state index in [0.717, 1.165) is 11.3 Å². The van der Waals surface area contributed by atoms with Gasteiger partial charge in [-0.2, -0.15) is 0 Å². The van der Waals surface area contributed by atoms with E-state index in [4.69, 9.17) is 16.3 Å². The zero-order valence-corrected chi connectivity index (χ0v) is 15.0. The Kier molecular flexibility index (Phi) is 4.68. The maximum Gasteiger partial charge on any atom is 0.268 e. The molecule has 2 unspecified atom stereocenters. The molecule has 3 rings (SSSR count). The molecule has 1 heterocycles. The van der Waals surface area contributed by atoms with Crippen molar-refractivity contribution in [3.05, 3.63) is 53.1 Å². The highest BCUT2D eigenvalue weighted by atomic mass is 35.5. The van der Waals surface area contributed by atoms with E-state index in [-0.39, 0.29) is 11.8 Å². The third-order valence-corrected chi connectivity index (χ3v) is 4.47. The Morgan fingerprint density at radius 1 is 1.28 bits per heavy atom. The lowest BCUT2D eigenvalue weighted by Crippen LogP contribution is -2.52. The van der Waals surface area contributed by atoms with Crippen molar-refractivity contribution >= 4 is 34.8 Å². The number of nitrogens with one attached hydrogen (secondary N) is 1. The van der Waals surface area contributed by atoms with E-state index in [1.807, 2.05) is 31.2 Å². The molecule has 1 N–H and O–H groups in total. The van der Waals surface area contributed by atoms with E-state index in [0.29, 0.717) is 16.5 Å². The molecule has 0 aromatic heterocycles. The number of anilines is 2. The van der Waals surface area contributed by atoms with E-state index < -0.39 is 12.1 Å². The summed E-state index contributed by atoms with van der Waals surface area (Å²) in [7, 11) is 0. The fourth-order valence-electron chi connectivity index (χ4n) is 2.80. The number of ether oxygens (including phenoxy) is 1. The highest BCUT2D eigenvalue weighted by Crippen LogP contribution is 2.37. The smallest absolute Gasteiger partial charge is 0.268 e. The van der Waals surface area contributed by atoms with Crippen molar-refractivity contribution in [1.29, 1.82) is 0 Å². The fraction of sp³-hybridized carbons (Fsp3) is 0.263. The van der Waals surface area contributed by atoms with Crippen LogP contribution in [0.1, 0.15) is 19.4 Å². The summed E-state index contributed by atoms with van der Waals surface area (Å²) in [6, 6.07) is 11.8. The summed E-state index contributed by atoms with van der Waals surface area (Å²) in [5, 5.41) is 3.35. The lowest BCUT2D eigenvalue weighted by atomic mass is 10.1. The lowest BCUT2D eigenvalue weighted by molar-refractivity contribution is -0.128. The second kappa shape index (κ2) is 6.76. The van der Waals surface area contributed by atoms with Crippen LogP contribution in [0.5, 0.6) is 5.75 Å². The minimum Gasteiger partial charge on any atom is -0.479 e. The van der Waals surface area contributed by atoms with Crippen molar-refractivity contribution in [3.63, 3.8) is 0 Å². The minimum atomic E-state index is -0.712. The van der Waals surface area contributed by atoms with Gasteiger partial charge in [0.05, 0.1) is 5.69 Å². The van der Waals surface area contributed by atoms with Crippen LogP contribution in [0.3, 0.4) is 0 Å². The number of hydrogen-bond acceptors (Lipinski definition) is 3. The second-order valence-corrected chi connectivity index (χ2v) is 6.50. The molecule has 2 aromatic carbocycles. The fourth-order valence-corrected chi connectivity index (χ4v) is 2.97. The first-order valence-corrected chi connectivity index (χ1v) is 8.42. The summed E-state index contributed by atoms with van der Waals surface area (Å²) >= 11 is 6.07. The summed E-state index contributed by atoms with van der Waals surface area (Å²) in [5.74, 6) is -0.0167. The monoisotopic (exact) mass is 358 g/mol. The molecule has 6 heteroatoms. The van der Waals surface area contributed by atoms with Gasteiger partial charge in [0.15, 0.2) is 6.10 Å². The molecule has 25 heavy (non-hydrogen) atoms. The molecular formula is C19H19ClN2O3. The van der Waals surface area contributed by atoms with Gasteiger partial charge in [-0.15, -0.1) is 0 Å². The molecule has 5 nitrogen and oxygen atoms in total. The maximum atomic E-state index is 12.7. The topological polar surface area (TPSA) is 58.6 Å². The number of carbonyl (C=O) groups excluding carboxylic acids is 2. The number of para-hydroxylation sites is 1. The average Bonchev–Trinajstić information content (AvgIpc) is 2.58. The van der Waals surface area contributed by atoms with E-state index in [2.05, 4.69) is 5.32 Å². The predicted molar refractivity (Wildman–Crippen MR) is 98.3 cm³/mol. The molecule has 0 fully saturated rings. The van der Waals surface area contributed by atoms with Gasteiger partial charge in [-0.25, -0.2) is 0 Å². The van der Waals surface area contributed by atoms with Crippen LogP contribution in [0.4, 0.5) is 11.4 Å². The molecule has 0 aliphatic carbocycles. The molecule has 130 valence electrons. The molecule has 0 saturated heterocycles. The molecule has 0 radical (unpaired) electrons. The molecular weight excluding hydrogens is 340 g/mol. The number of amides is 2. The average molecular weight is 359 g/mol. The van der Waals surface area contributed by atoms with Gasteiger partial charge in [0, 0.05) is 10.7 Å². The zero-order chi connectivity index (χ0) is 18.1. The van der Waals surface area contributed by atoms with Gasteiger partial charge in [0.25, 0.3) is 5.91 Å². The Labute approximate surface area is 151 Å². The number of aryl methyl sites for hydroxylation is 1. The van der Waals surface area contributed by atoms with Crippen molar-refractivity contribution in [2.75, 3.05) is 10.2 Å². The van der Waals surface area contributed by atoms with Gasteiger partial charge in [-0.1, -0.05) is 29.8 Å². The molecule has 0 bridgehead atoms. The molecule has 2 amide bonds. The highest BCUT2D eigenvalue weighted by Gasteiger charge is 2.37. The molecule has 2 atom stereocenters. The van der Waals surface area contributed by atoms with Crippen molar-refractivity contribution < 1.29 is 14.3 Å². The number of benzene rings is 2. The van der Waals surface area contributed by atoms with Crippen LogP contribution in [0.15, 0.2) is 42.5 Å². The first kappa shape index (κ1) is 17.3. The van der Waals surface area contributed by atoms with E-state index >= 15 is 0 Å². The Morgan fingerprint density at radius 3 is 2.72 bits per heavy atom. The van der Waals surface area contributed by atoms with E-state index in [1.54, 1.807) is 32.0 Å². The van der Waals surface area contributed by atoms with Crippen LogP contribution < -0.4 is 15.0 Å². The second-order valence-electron chi connectivity index (χ2n) is 6.06. The number of rotatable bonds is 3. The lowest BCUT2D eigenvalue weighted by Gasteiger charge is -2.36. The van der Waals surface area contributed by atoms with Gasteiger partial charge < -0.3 is 10.1 Å². The van der Waals surface area contributed by atoms with Crippen LogP contribution in [-0.4, -0.2) is 24.0 Å². The van der Waals surface area contributed by atoms with Crippen LogP contribution in [0.2, 0.25) is 5.02 Å². The number of fused-ring (bicyclic) bond motifs is 1. The van der Waals surface area contributed by atoms with Gasteiger partial charge >= 0.3 is 0 Å². The summed E-state index contributed by atoms with van der Waals surface area (Å²) < 4.78 is 5.62. The summed E-state index contributed by atoms with van der Waals surface area (Å²) in [6.07, 6.45) is -0.664. The van der Waals surface area contributed by atoms with Gasteiger partial charge in [0.2, 0.25) is 5.91 Å². The molecule has 0 saturated carbocycles. The Hall–Kier alpha value is -2.53. The Bertz CT molecular complexity index is 837. The SMILES string of the molecule is Cc1ccccc1NC(=O)C(C)N1C(=O)C(C)Oc2ccc(Cl)cc21. The van der Waals surface area contributed by atoms with Crippen molar-refractivity contribution in [1.82, 2.24) is 0 Å². The normalized spacial score (nSPS) is 17.5. The molecule has 1 aliphatic rings. The first-order valence-electron chi connectivity index (χ1n) is 8.04. The van der Waals surface area contributed by atoms with Crippen molar-refractivity contribution in [2.24, 2.45) is 0 Å². The van der Waals surface area contributed by atoms with E-state index in [1.165, 1.54) is 4.90 Å². The standard InChI is InChI=1S/C19H19ClN2O3/c1-11-6-4-5-7-15(11)21-18(23)12(2)22-16-10-14(20)8-9-17(16)25-13(3)19(22)24/h4-10,12-13H,1-3H3,(H,21,23). The van der Waals surface area contributed by atoms with Crippen LogP contribution in [0, 0.1) is 6.92 Å². The quantitative estimate of drug-likeness (QED) is 0.908. The van der Waals surface area contributed by atoms with E-state index in [9.17, 15) is 9.59 Å². The van der Waals surface area contributed by atoms with Crippen molar-refractivity contribution in [3.8, 4) is 5.75 Å². The summed E-state index contributed by atoms with van der Waals surface area (Å²) in [6.45, 7) is 5.27. The highest BCUT2D eigenvalue weighted by molar-refractivity contribution is 6.31. The van der Waals surface area contributed by atoms with Crippen LogP contribution >= 0.6 is 11.6 Å². The van der Waals surface area contributed by atoms with Crippen LogP contribution in [0.25, 0.3) is 0 Å². The van der Waals surface area contributed by atoms with Gasteiger partial charge in [0.1, 0.15) is 11.8 Å². The number of hydrogen-bond donors (Lipinski definition) is 1. The third-order valence-electron chi connectivity index (χ3n) is 4.24. The molecule has 0 spiro atoms. The molecule has 2 aromatic rings. The summed E-state index contributed by atoms with van der Waals surface area (Å²) in [5.41, 5.74) is 2.18. The predicted octanol–water partition coefficient (Wildman–Crippen LogP) is 3.79. The number of halogens is 1. The Morgan fingerprint density at radius 2 is 2.00 bits per heavy atom. The third kappa shape index (κ3) is 3.33. The first-order chi connectivity index (χ1) is 11.9. The van der Waals surface area contributed by atoms with Gasteiger partial charge in [-0.05, 0) is 50.6 Å². The van der Waals surface area contributed by atoms with Crippen LogP contribution in [-0.2, 0) is 9.59 Å². The maximum absolute atomic E-state index is 12.7. The number of nitrogens with zero attached hydrogens (tertiary/aromatic N) is 1.